The van der Waals surface area contributed by atoms with E-state index in [1.54, 1.807) is 12.1 Å². The maximum absolute atomic E-state index is 11.9. The van der Waals surface area contributed by atoms with Gasteiger partial charge in [0.15, 0.2) is 0 Å². The lowest BCUT2D eigenvalue weighted by atomic mass is 10.0. The van der Waals surface area contributed by atoms with Gasteiger partial charge in [-0.2, -0.15) is 0 Å². The average Bonchev–Trinajstić information content (AvgIpc) is 2.38. The summed E-state index contributed by atoms with van der Waals surface area (Å²) >= 11 is 0. The van der Waals surface area contributed by atoms with E-state index in [0.29, 0.717) is 11.9 Å². The van der Waals surface area contributed by atoms with E-state index < -0.39 is 10.0 Å². The first-order valence-electron chi connectivity index (χ1n) is 7.38. The van der Waals surface area contributed by atoms with Crippen molar-refractivity contribution in [2.75, 3.05) is 19.4 Å². The van der Waals surface area contributed by atoms with Crippen molar-refractivity contribution in [2.24, 2.45) is 5.92 Å². The lowest BCUT2D eigenvalue weighted by Crippen LogP contribution is -2.22. The molecule has 1 unspecified atom stereocenters. The molecule has 1 heterocycles. The third-order valence-corrected chi connectivity index (χ3v) is 5.13. The molecule has 1 aromatic rings. The minimum Gasteiger partial charge on any atom is -0.368 e. The fourth-order valence-electron chi connectivity index (χ4n) is 1.99. The summed E-state index contributed by atoms with van der Waals surface area (Å²) in [4.78, 5) is 4.41. The van der Waals surface area contributed by atoms with E-state index in [1.807, 2.05) is 0 Å². The minimum atomic E-state index is -3.40. The summed E-state index contributed by atoms with van der Waals surface area (Å²) in [6.45, 7) is 6.57. The maximum Gasteiger partial charge on any atom is 0.244 e. The van der Waals surface area contributed by atoms with Gasteiger partial charge in [0.05, 0.1) is 0 Å². The van der Waals surface area contributed by atoms with Crippen LogP contribution in [0.2, 0.25) is 0 Å². The molecule has 0 saturated carbocycles. The van der Waals surface area contributed by atoms with Gasteiger partial charge >= 0.3 is 0 Å². The lowest BCUT2D eigenvalue weighted by molar-refractivity contribution is 0.519. The molecule has 21 heavy (non-hydrogen) atoms. The second kappa shape index (κ2) is 7.75. The Morgan fingerprint density at radius 3 is 2.33 bits per heavy atom. The van der Waals surface area contributed by atoms with Crippen molar-refractivity contribution < 1.29 is 8.42 Å². The predicted molar refractivity (Wildman–Crippen MR) is 86.9 cm³/mol. The Labute approximate surface area is 128 Å². The number of nitrogens with zero attached hydrogens (tertiary/aromatic N) is 2. The number of pyridine rings is 1. The highest BCUT2D eigenvalue weighted by atomic mass is 32.2. The van der Waals surface area contributed by atoms with E-state index in [0.717, 1.165) is 12.3 Å². The predicted octanol–water partition coefficient (Wildman–Crippen LogP) is 2.96. The van der Waals surface area contributed by atoms with Gasteiger partial charge in [-0.15, -0.1) is 0 Å². The van der Waals surface area contributed by atoms with Gasteiger partial charge < -0.3 is 5.32 Å². The molecule has 1 rings (SSSR count). The van der Waals surface area contributed by atoms with Crippen molar-refractivity contribution in [3.05, 3.63) is 18.3 Å². The average molecular weight is 313 g/mol. The molecule has 0 fully saturated rings. The van der Waals surface area contributed by atoms with Crippen LogP contribution >= 0.6 is 0 Å². The number of aromatic nitrogens is 1. The summed E-state index contributed by atoms with van der Waals surface area (Å²) in [5, 5.41) is 3.30. The molecule has 0 aliphatic rings. The molecular formula is C15H27N3O2S. The molecular weight excluding hydrogens is 286 g/mol. The monoisotopic (exact) mass is 313 g/mol. The van der Waals surface area contributed by atoms with Crippen LogP contribution in [-0.2, 0) is 10.0 Å². The summed E-state index contributed by atoms with van der Waals surface area (Å²) in [5.74, 6) is 1.44. The third kappa shape index (κ3) is 5.63. The second-order valence-electron chi connectivity index (χ2n) is 6.04. The largest absolute Gasteiger partial charge is 0.368 e. The van der Waals surface area contributed by atoms with Crippen LogP contribution in [0.1, 0.15) is 40.0 Å². The van der Waals surface area contributed by atoms with Crippen LogP contribution in [0.15, 0.2) is 23.2 Å². The van der Waals surface area contributed by atoms with Crippen molar-refractivity contribution >= 4 is 15.8 Å². The van der Waals surface area contributed by atoms with Gasteiger partial charge in [-0.25, -0.2) is 17.7 Å². The van der Waals surface area contributed by atoms with Crippen LogP contribution < -0.4 is 5.32 Å². The van der Waals surface area contributed by atoms with Crippen molar-refractivity contribution in [2.45, 2.75) is 51.0 Å². The first-order valence-corrected chi connectivity index (χ1v) is 8.82. The van der Waals surface area contributed by atoms with Gasteiger partial charge in [0.2, 0.25) is 10.0 Å². The van der Waals surface area contributed by atoms with Gasteiger partial charge in [-0.3, -0.25) is 0 Å². The first-order chi connectivity index (χ1) is 9.73. The highest BCUT2D eigenvalue weighted by molar-refractivity contribution is 7.89. The molecule has 1 aromatic heterocycles. The lowest BCUT2D eigenvalue weighted by Gasteiger charge is -2.16. The Hall–Kier alpha value is -1.14. The summed E-state index contributed by atoms with van der Waals surface area (Å²) in [7, 11) is -0.378. The van der Waals surface area contributed by atoms with E-state index in [9.17, 15) is 8.42 Å². The molecule has 0 aliphatic carbocycles. The number of nitrogens with one attached hydrogen (secondary N) is 1. The summed E-state index contributed by atoms with van der Waals surface area (Å²) in [6, 6.07) is 3.63. The first kappa shape index (κ1) is 17.9. The molecule has 0 bridgehead atoms. The van der Waals surface area contributed by atoms with Crippen molar-refractivity contribution in [3.63, 3.8) is 0 Å². The Morgan fingerprint density at radius 1 is 1.19 bits per heavy atom. The Balaban J connectivity index is 2.59. The number of hydrogen-bond acceptors (Lipinski definition) is 4. The quantitative estimate of drug-likeness (QED) is 0.801. The van der Waals surface area contributed by atoms with E-state index in [2.05, 4.69) is 31.1 Å². The molecule has 0 saturated heterocycles. The van der Waals surface area contributed by atoms with Gasteiger partial charge in [0.25, 0.3) is 0 Å². The standard InChI is InChI=1S/C15H27N3O2S/c1-12(2)7-6-8-13(3)17-15-10-9-14(11-16-15)21(19,20)18(4)5/h9-13H,6-8H2,1-5H3,(H,16,17). The molecule has 0 aromatic carbocycles. The summed E-state index contributed by atoms with van der Waals surface area (Å²) in [6.07, 6.45) is 4.88. The minimum absolute atomic E-state index is 0.213. The van der Waals surface area contributed by atoms with Gasteiger partial charge in [0, 0.05) is 26.3 Å². The van der Waals surface area contributed by atoms with E-state index >= 15 is 0 Å². The Kier molecular flexibility index (Phi) is 6.61. The van der Waals surface area contributed by atoms with Crippen LogP contribution in [0.5, 0.6) is 0 Å². The molecule has 0 amide bonds. The molecule has 0 spiro atoms. The van der Waals surface area contributed by atoms with Crippen LogP contribution in [0, 0.1) is 5.92 Å². The van der Waals surface area contributed by atoms with Crippen molar-refractivity contribution in [1.29, 1.82) is 0 Å². The van der Waals surface area contributed by atoms with E-state index in [1.165, 1.54) is 37.4 Å². The van der Waals surface area contributed by atoms with E-state index in [-0.39, 0.29) is 4.90 Å². The molecule has 0 aliphatic heterocycles. The van der Waals surface area contributed by atoms with Crippen molar-refractivity contribution in [3.8, 4) is 0 Å². The van der Waals surface area contributed by atoms with Crippen molar-refractivity contribution in [1.82, 2.24) is 9.29 Å². The fourth-order valence-corrected chi connectivity index (χ4v) is 2.83. The Bertz CT molecular complexity index is 524. The van der Waals surface area contributed by atoms with Gasteiger partial charge in [-0.05, 0) is 31.4 Å². The van der Waals surface area contributed by atoms with Crippen LogP contribution in [0.25, 0.3) is 0 Å². The zero-order valence-electron chi connectivity index (χ0n) is 13.6. The van der Waals surface area contributed by atoms with Gasteiger partial charge in [-0.1, -0.05) is 26.7 Å². The smallest absolute Gasteiger partial charge is 0.244 e. The summed E-state index contributed by atoms with van der Waals surface area (Å²) < 4.78 is 25.1. The molecule has 6 heteroatoms. The van der Waals surface area contributed by atoms with Crippen LogP contribution in [0.3, 0.4) is 0 Å². The number of hydrogen-bond donors (Lipinski definition) is 1. The number of sulfonamides is 1. The SMILES string of the molecule is CC(C)CCCC(C)Nc1ccc(S(=O)(=O)N(C)C)cn1. The molecule has 5 nitrogen and oxygen atoms in total. The number of anilines is 1. The highest BCUT2D eigenvalue weighted by Crippen LogP contribution is 2.16. The van der Waals surface area contributed by atoms with Crippen LogP contribution in [-0.4, -0.2) is 37.8 Å². The normalized spacial score (nSPS) is 13.7. The summed E-state index contributed by atoms with van der Waals surface area (Å²) in [5.41, 5.74) is 0. The van der Waals surface area contributed by atoms with E-state index in [4.69, 9.17) is 0 Å². The molecule has 1 atom stereocenters. The fraction of sp³-hybridized carbons (Fsp3) is 0.667. The zero-order valence-corrected chi connectivity index (χ0v) is 14.4. The topological polar surface area (TPSA) is 62.3 Å². The maximum atomic E-state index is 11.9. The third-order valence-electron chi connectivity index (χ3n) is 3.33. The molecule has 0 radical (unpaired) electrons. The number of rotatable bonds is 8. The second-order valence-corrected chi connectivity index (χ2v) is 8.19. The molecule has 120 valence electrons. The Morgan fingerprint density at radius 2 is 1.86 bits per heavy atom. The van der Waals surface area contributed by atoms with Gasteiger partial charge in [0.1, 0.15) is 10.7 Å². The zero-order chi connectivity index (χ0) is 16.0. The molecule has 1 N–H and O–H groups in total. The highest BCUT2D eigenvalue weighted by Gasteiger charge is 2.17. The van der Waals surface area contributed by atoms with Crippen LogP contribution in [0.4, 0.5) is 5.82 Å².